The number of halogens is 1. The Bertz CT molecular complexity index is 279. The van der Waals surface area contributed by atoms with E-state index in [9.17, 15) is 5.11 Å². The van der Waals surface area contributed by atoms with Crippen molar-refractivity contribution in [2.75, 3.05) is 19.7 Å². The van der Waals surface area contributed by atoms with E-state index in [-0.39, 0.29) is 12.0 Å². The molecule has 1 unspecified atom stereocenters. The Morgan fingerprint density at radius 2 is 2.20 bits per heavy atom. The lowest BCUT2D eigenvalue weighted by Crippen LogP contribution is -2.43. The molecular weight excluding hydrogens is 210 g/mol. The Morgan fingerprint density at radius 1 is 1.47 bits per heavy atom. The summed E-state index contributed by atoms with van der Waals surface area (Å²) in [5.74, 6) is 0.451. The molecule has 0 spiro atoms. The molecule has 1 atom stereocenters. The number of aliphatic hydroxyl groups excluding tert-OH is 1. The summed E-state index contributed by atoms with van der Waals surface area (Å²) in [6, 6.07) is 0. The van der Waals surface area contributed by atoms with Gasteiger partial charge in [-0.15, -0.1) is 0 Å². The van der Waals surface area contributed by atoms with Crippen LogP contribution in [0.3, 0.4) is 0 Å². The summed E-state index contributed by atoms with van der Waals surface area (Å²) in [5.41, 5.74) is 0.0792. The van der Waals surface area contributed by atoms with Gasteiger partial charge in [-0.3, -0.25) is 0 Å². The summed E-state index contributed by atoms with van der Waals surface area (Å²) in [5, 5.41) is 13.8. The van der Waals surface area contributed by atoms with Crippen LogP contribution in [-0.2, 0) is 0 Å². The molecule has 0 radical (unpaired) electrons. The van der Waals surface area contributed by atoms with Crippen molar-refractivity contribution >= 4 is 11.6 Å². The quantitative estimate of drug-likeness (QED) is 0.757. The van der Waals surface area contributed by atoms with Gasteiger partial charge in [-0.05, 0) is 44.3 Å². The highest BCUT2D eigenvalue weighted by Gasteiger charge is 2.37. The Balaban J connectivity index is 2.09. The SMILES string of the molecule is OCC1(C2C=CC(Cl)=CC2)CCNCC1. The van der Waals surface area contributed by atoms with E-state index in [1.807, 2.05) is 6.08 Å². The van der Waals surface area contributed by atoms with E-state index in [2.05, 4.69) is 17.5 Å². The fourth-order valence-electron chi connectivity index (χ4n) is 2.62. The van der Waals surface area contributed by atoms with Gasteiger partial charge >= 0.3 is 0 Å². The number of nitrogens with one attached hydrogen (secondary N) is 1. The van der Waals surface area contributed by atoms with Gasteiger partial charge in [0.05, 0.1) is 0 Å². The lowest BCUT2D eigenvalue weighted by atomic mass is 9.67. The molecule has 84 valence electrons. The van der Waals surface area contributed by atoms with E-state index in [1.165, 1.54) is 0 Å². The average Bonchev–Trinajstić information content (AvgIpc) is 2.31. The third-order valence-corrected chi connectivity index (χ3v) is 4.04. The largest absolute Gasteiger partial charge is 0.396 e. The number of hydrogen-bond donors (Lipinski definition) is 2. The van der Waals surface area contributed by atoms with Crippen LogP contribution >= 0.6 is 11.6 Å². The number of hydrogen-bond acceptors (Lipinski definition) is 2. The van der Waals surface area contributed by atoms with E-state index < -0.39 is 0 Å². The van der Waals surface area contributed by atoms with Gasteiger partial charge in [0.1, 0.15) is 0 Å². The maximum Gasteiger partial charge on any atom is 0.0494 e. The number of piperidine rings is 1. The zero-order chi connectivity index (χ0) is 10.7. The highest BCUT2D eigenvalue weighted by molar-refractivity contribution is 6.31. The number of allylic oxidation sites excluding steroid dienone is 4. The van der Waals surface area contributed by atoms with Crippen molar-refractivity contribution in [2.45, 2.75) is 19.3 Å². The molecule has 15 heavy (non-hydrogen) atoms. The summed E-state index contributed by atoms with van der Waals surface area (Å²) in [6.07, 6.45) is 9.29. The predicted molar refractivity (Wildman–Crippen MR) is 62.8 cm³/mol. The first-order valence-corrected chi connectivity index (χ1v) is 6.00. The first-order chi connectivity index (χ1) is 7.27. The number of aliphatic hydroxyl groups is 1. The molecule has 2 N–H and O–H groups in total. The molecule has 1 heterocycles. The van der Waals surface area contributed by atoms with Gasteiger partial charge in [-0.25, -0.2) is 0 Å². The minimum atomic E-state index is 0.0792. The Morgan fingerprint density at radius 3 is 2.73 bits per heavy atom. The van der Waals surface area contributed by atoms with Crippen LogP contribution in [-0.4, -0.2) is 24.8 Å². The third-order valence-electron chi connectivity index (χ3n) is 3.76. The van der Waals surface area contributed by atoms with E-state index in [0.29, 0.717) is 5.92 Å². The minimum Gasteiger partial charge on any atom is -0.396 e. The fourth-order valence-corrected chi connectivity index (χ4v) is 2.78. The van der Waals surface area contributed by atoms with Crippen molar-refractivity contribution in [2.24, 2.45) is 11.3 Å². The highest BCUT2D eigenvalue weighted by atomic mass is 35.5. The van der Waals surface area contributed by atoms with Crippen molar-refractivity contribution in [3.63, 3.8) is 0 Å². The van der Waals surface area contributed by atoms with Gasteiger partial charge in [0, 0.05) is 17.1 Å². The lowest BCUT2D eigenvalue weighted by molar-refractivity contribution is 0.0491. The van der Waals surface area contributed by atoms with E-state index in [0.717, 1.165) is 37.4 Å². The van der Waals surface area contributed by atoms with Crippen LogP contribution in [0.1, 0.15) is 19.3 Å². The van der Waals surface area contributed by atoms with Crippen molar-refractivity contribution in [3.05, 3.63) is 23.3 Å². The lowest BCUT2D eigenvalue weighted by Gasteiger charge is -2.42. The maximum absolute atomic E-state index is 9.64. The minimum absolute atomic E-state index is 0.0792. The molecule has 0 bridgehead atoms. The molecule has 2 rings (SSSR count). The summed E-state index contributed by atoms with van der Waals surface area (Å²) in [7, 11) is 0. The molecule has 1 fully saturated rings. The van der Waals surface area contributed by atoms with Crippen molar-refractivity contribution < 1.29 is 5.11 Å². The van der Waals surface area contributed by atoms with E-state index in [1.54, 1.807) is 0 Å². The molecule has 0 saturated carbocycles. The van der Waals surface area contributed by atoms with Gasteiger partial charge in [0.2, 0.25) is 0 Å². The Kier molecular flexibility index (Phi) is 3.49. The summed E-state index contributed by atoms with van der Waals surface area (Å²) >= 11 is 5.91. The monoisotopic (exact) mass is 227 g/mol. The van der Waals surface area contributed by atoms with Gasteiger partial charge < -0.3 is 10.4 Å². The molecular formula is C12H18ClNO. The molecule has 0 aromatic rings. The summed E-state index contributed by atoms with van der Waals surface area (Å²) < 4.78 is 0. The predicted octanol–water partition coefficient (Wildman–Crippen LogP) is 2.05. The maximum atomic E-state index is 9.64. The van der Waals surface area contributed by atoms with Gasteiger partial charge in [-0.2, -0.15) is 0 Å². The second-order valence-corrected chi connectivity index (χ2v) is 5.00. The topological polar surface area (TPSA) is 32.3 Å². The molecule has 1 aliphatic carbocycles. The van der Waals surface area contributed by atoms with Crippen LogP contribution in [0.5, 0.6) is 0 Å². The Labute approximate surface area is 96.0 Å². The van der Waals surface area contributed by atoms with Crippen LogP contribution in [0.2, 0.25) is 0 Å². The zero-order valence-electron chi connectivity index (χ0n) is 8.88. The van der Waals surface area contributed by atoms with Crippen molar-refractivity contribution in [1.82, 2.24) is 5.32 Å². The van der Waals surface area contributed by atoms with Crippen LogP contribution in [0, 0.1) is 11.3 Å². The van der Waals surface area contributed by atoms with Gasteiger partial charge in [0.25, 0.3) is 0 Å². The zero-order valence-corrected chi connectivity index (χ0v) is 9.63. The molecule has 0 aromatic carbocycles. The third kappa shape index (κ3) is 2.27. The van der Waals surface area contributed by atoms with Crippen molar-refractivity contribution in [3.8, 4) is 0 Å². The van der Waals surface area contributed by atoms with Crippen LogP contribution in [0.4, 0.5) is 0 Å². The summed E-state index contributed by atoms with van der Waals surface area (Å²) in [4.78, 5) is 0. The first-order valence-electron chi connectivity index (χ1n) is 5.62. The van der Waals surface area contributed by atoms with E-state index >= 15 is 0 Å². The van der Waals surface area contributed by atoms with E-state index in [4.69, 9.17) is 11.6 Å². The first kappa shape index (κ1) is 11.2. The fraction of sp³-hybridized carbons (Fsp3) is 0.667. The standard InChI is InChI=1S/C12H18ClNO/c13-11-3-1-10(2-4-11)12(9-15)5-7-14-8-6-12/h1,3-4,10,14-15H,2,5-9H2. The molecule has 2 aliphatic rings. The second kappa shape index (κ2) is 4.69. The molecule has 0 amide bonds. The molecule has 1 saturated heterocycles. The van der Waals surface area contributed by atoms with Gasteiger partial charge in [0.15, 0.2) is 0 Å². The smallest absolute Gasteiger partial charge is 0.0494 e. The van der Waals surface area contributed by atoms with Crippen LogP contribution in [0.25, 0.3) is 0 Å². The molecule has 0 aromatic heterocycles. The van der Waals surface area contributed by atoms with Gasteiger partial charge in [-0.1, -0.05) is 23.8 Å². The number of rotatable bonds is 2. The Hall–Kier alpha value is -0.310. The van der Waals surface area contributed by atoms with Crippen LogP contribution < -0.4 is 5.32 Å². The van der Waals surface area contributed by atoms with Crippen molar-refractivity contribution in [1.29, 1.82) is 0 Å². The molecule has 3 heteroatoms. The summed E-state index contributed by atoms with van der Waals surface area (Å²) in [6.45, 7) is 2.32. The average molecular weight is 228 g/mol. The second-order valence-electron chi connectivity index (χ2n) is 4.56. The molecule has 1 aliphatic heterocycles. The molecule has 2 nitrogen and oxygen atoms in total. The normalized spacial score (nSPS) is 30.0. The van der Waals surface area contributed by atoms with Crippen LogP contribution in [0.15, 0.2) is 23.3 Å². The highest BCUT2D eigenvalue weighted by Crippen LogP contribution is 2.41.